The Morgan fingerprint density at radius 3 is 2.41 bits per heavy atom. The van der Waals surface area contributed by atoms with E-state index in [-0.39, 0.29) is 10.6 Å². The van der Waals surface area contributed by atoms with E-state index >= 15 is 0 Å². The van der Waals surface area contributed by atoms with Crippen LogP contribution in [0.1, 0.15) is 42.0 Å². The summed E-state index contributed by atoms with van der Waals surface area (Å²) in [6.45, 7) is 2.78. The van der Waals surface area contributed by atoms with Gasteiger partial charge in [0.25, 0.3) is 5.69 Å². The van der Waals surface area contributed by atoms with Crippen molar-refractivity contribution in [1.82, 2.24) is 14.9 Å². The molecule has 0 bridgehead atoms. The van der Waals surface area contributed by atoms with Crippen molar-refractivity contribution in [3.05, 3.63) is 130 Å². The van der Waals surface area contributed by atoms with Crippen LogP contribution in [-0.4, -0.2) is 14.5 Å². The Morgan fingerprint density at radius 1 is 1.00 bits per heavy atom. The number of benzene rings is 3. The van der Waals surface area contributed by atoms with Crippen LogP contribution in [0, 0.1) is 10.1 Å². The monoisotopic (exact) mass is 454 g/mol. The van der Waals surface area contributed by atoms with Gasteiger partial charge >= 0.3 is 0 Å². The molecular weight excluding hydrogens is 424 g/mol. The third kappa shape index (κ3) is 5.24. The van der Waals surface area contributed by atoms with Crippen molar-refractivity contribution in [2.24, 2.45) is 0 Å². The quantitative estimate of drug-likeness (QED) is 0.227. The van der Waals surface area contributed by atoms with Gasteiger partial charge in [-0.25, -0.2) is 4.98 Å². The number of aryl methyl sites for hydroxylation is 1. The number of rotatable bonds is 11. The van der Waals surface area contributed by atoms with E-state index in [4.69, 9.17) is 0 Å². The number of unbranched alkanes of at least 4 members (excludes halogenated alkanes) is 1. The van der Waals surface area contributed by atoms with E-state index in [2.05, 4.69) is 65.8 Å². The maximum atomic E-state index is 11.2. The molecule has 0 amide bonds. The molecule has 4 aromatic rings. The molecule has 4 rings (SSSR count). The molecule has 1 atom stereocenters. The van der Waals surface area contributed by atoms with E-state index in [9.17, 15) is 10.1 Å². The Bertz CT molecular complexity index is 1190. The molecule has 0 spiro atoms. The topological polar surface area (TPSA) is 73.0 Å². The fourth-order valence-electron chi connectivity index (χ4n) is 4.51. The van der Waals surface area contributed by atoms with Gasteiger partial charge in [-0.1, -0.05) is 80.1 Å². The second-order valence-electron chi connectivity index (χ2n) is 8.54. The third-order valence-electron chi connectivity index (χ3n) is 6.28. The molecular formula is C28H30N4O2. The number of hydrogen-bond acceptors (Lipinski definition) is 4. The molecule has 6 nitrogen and oxygen atoms in total. The number of nitro benzene ring substituents is 1. The third-order valence-corrected chi connectivity index (χ3v) is 6.28. The highest BCUT2D eigenvalue weighted by atomic mass is 16.6. The molecule has 1 heterocycles. The van der Waals surface area contributed by atoms with Crippen LogP contribution in [0.4, 0.5) is 5.69 Å². The Hall–Kier alpha value is -3.77. The average molecular weight is 455 g/mol. The summed E-state index contributed by atoms with van der Waals surface area (Å²) in [6.07, 6.45) is 9.40. The lowest BCUT2D eigenvalue weighted by Gasteiger charge is -2.38. The zero-order valence-electron chi connectivity index (χ0n) is 19.4. The molecule has 1 aromatic heterocycles. The van der Waals surface area contributed by atoms with E-state index in [1.807, 2.05) is 29.0 Å². The van der Waals surface area contributed by atoms with Crippen molar-refractivity contribution in [3.8, 4) is 0 Å². The summed E-state index contributed by atoms with van der Waals surface area (Å²) in [4.78, 5) is 15.0. The predicted molar refractivity (Wildman–Crippen MR) is 134 cm³/mol. The highest BCUT2D eigenvalue weighted by Gasteiger charge is 2.36. The predicted octanol–water partition coefficient (Wildman–Crippen LogP) is 5.87. The van der Waals surface area contributed by atoms with Gasteiger partial charge in [0.1, 0.15) is 0 Å². The van der Waals surface area contributed by atoms with Crippen LogP contribution in [-0.2, 0) is 25.0 Å². The summed E-state index contributed by atoms with van der Waals surface area (Å²) in [7, 11) is 0. The van der Waals surface area contributed by atoms with Gasteiger partial charge < -0.3 is 4.57 Å². The van der Waals surface area contributed by atoms with E-state index < -0.39 is 5.54 Å². The Balaban J connectivity index is 1.85. The second kappa shape index (κ2) is 10.9. The SMILES string of the molecule is CCCCc1ccccc1C(Cc1ccc([N+](=O)[O-])cc1)(NCn1ccnc1)c1ccccc1. The molecule has 0 saturated carbocycles. The van der Waals surface area contributed by atoms with Crippen molar-refractivity contribution in [3.63, 3.8) is 0 Å². The second-order valence-corrected chi connectivity index (χ2v) is 8.54. The number of hydrogen-bond donors (Lipinski definition) is 1. The van der Waals surface area contributed by atoms with Crippen LogP contribution < -0.4 is 5.32 Å². The first-order chi connectivity index (χ1) is 16.6. The standard InChI is InChI=1S/C28H30N4O2/c1-2-3-9-24-10-7-8-13-27(24)28(25-11-5-4-6-12-25,30-22-31-19-18-29-21-31)20-23-14-16-26(17-15-23)32(33)34/h4-8,10-19,21,30H,2-3,9,20,22H2,1H3. The molecule has 1 N–H and O–H groups in total. The zero-order chi connectivity index (χ0) is 23.8. The largest absolute Gasteiger partial charge is 0.324 e. The number of nitrogens with zero attached hydrogens (tertiary/aromatic N) is 3. The minimum absolute atomic E-state index is 0.101. The van der Waals surface area contributed by atoms with Crippen molar-refractivity contribution in [2.75, 3.05) is 0 Å². The van der Waals surface area contributed by atoms with Crippen LogP contribution in [0.15, 0.2) is 97.6 Å². The summed E-state index contributed by atoms with van der Waals surface area (Å²) < 4.78 is 2.02. The van der Waals surface area contributed by atoms with Crippen molar-refractivity contribution in [2.45, 2.75) is 44.8 Å². The first-order valence-electron chi connectivity index (χ1n) is 11.7. The van der Waals surface area contributed by atoms with Gasteiger partial charge in [0.15, 0.2) is 0 Å². The number of nitrogens with one attached hydrogen (secondary N) is 1. The molecule has 0 aliphatic heterocycles. The van der Waals surface area contributed by atoms with Crippen LogP contribution in [0.3, 0.4) is 0 Å². The normalized spacial score (nSPS) is 12.9. The minimum atomic E-state index is -0.536. The van der Waals surface area contributed by atoms with Gasteiger partial charge in [-0.05, 0) is 41.5 Å². The summed E-state index contributed by atoms with van der Waals surface area (Å²) in [5, 5.41) is 15.1. The van der Waals surface area contributed by atoms with E-state index in [1.54, 1.807) is 24.7 Å². The number of aromatic nitrogens is 2. The van der Waals surface area contributed by atoms with E-state index in [1.165, 1.54) is 11.1 Å². The molecule has 0 saturated heterocycles. The Morgan fingerprint density at radius 2 is 1.74 bits per heavy atom. The van der Waals surface area contributed by atoms with Gasteiger partial charge in [0.05, 0.1) is 23.5 Å². The fourth-order valence-corrected chi connectivity index (χ4v) is 4.51. The first-order valence-corrected chi connectivity index (χ1v) is 11.7. The molecule has 1 unspecified atom stereocenters. The van der Waals surface area contributed by atoms with E-state index in [0.29, 0.717) is 13.1 Å². The zero-order valence-corrected chi connectivity index (χ0v) is 19.4. The molecule has 0 aliphatic carbocycles. The van der Waals surface area contributed by atoms with Crippen molar-refractivity contribution >= 4 is 5.69 Å². The Kier molecular flexibility index (Phi) is 7.50. The number of nitro groups is 1. The van der Waals surface area contributed by atoms with Crippen molar-refractivity contribution < 1.29 is 4.92 Å². The van der Waals surface area contributed by atoms with Gasteiger partial charge in [0.2, 0.25) is 0 Å². The maximum absolute atomic E-state index is 11.2. The van der Waals surface area contributed by atoms with Gasteiger partial charge in [-0.3, -0.25) is 15.4 Å². The van der Waals surface area contributed by atoms with Crippen LogP contribution in [0.25, 0.3) is 0 Å². The van der Waals surface area contributed by atoms with Gasteiger partial charge in [0, 0.05) is 24.5 Å². The number of non-ortho nitro benzene ring substituents is 1. The van der Waals surface area contributed by atoms with E-state index in [0.717, 1.165) is 30.4 Å². The first kappa shape index (κ1) is 23.4. The van der Waals surface area contributed by atoms with Crippen LogP contribution in [0.5, 0.6) is 0 Å². The number of imidazole rings is 1. The molecule has 34 heavy (non-hydrogen) atoms. The highest BCUT2D eigenvalue weighted by Crippen LogP contribution is 2.36. The fraction of sp³-hybridized carbons (Fsp3) is 0.250. The minimum Gasteiger partial charge on any atom is -0.324 e. The van der Waals surface area contributed by atoms with Gasteiger partial charge in [-0.2, -0.15) is 0 Å². The smallest absolute Gasteiger partial charge is 0.269 e. The summed E-state index contributed by atoms with van der Waals surface area (Å²) in [5.74, 6) is 0. The van der Waals surface area contributed by atoms with Gasteiger partial charge in [-0.15, -0.1) is 0 Å². The molecule has 3 aromatic carbocycles. The highest BCUT2D eigenvalue weighted by molar-refractivity contribution is 5.46. The maximum Gasteiger partial charge on any atom is 0.269 e. The average Bonchev–Trinajstić information content (AvgIpc) is 3.40. The Labute approximate surface area is 200 Å². The lowest BCUT2D eigenvalue weighted by atomic mass is 9.75. The molecule has 0 fully saturated rings. The van der Waals surface area contributed by atoms with Crippen molar-refractivity contribution in [1.29, 1.82) is 0 Å². The summed E-state index contributed by atoms with van der Waals surface area (Å²) >= 11 is 0. The lowest BCUT2D eigenvalue weighted by Crippen LogP contribution is -2.46. The summed E-state index contributed by atoms with van der Waals surface area (Å²) in [6, 6.07) is 26.0. The molecule has 0 radical (unpaired) electrons. The molecule has 174 valence electrons. The molecule has 0 aliphatic rings. The molecule has 6 heteroatoms. The lowest BCUT2D eigenvalue weighted by molar-refractivity contribution is -0.384. The summed E-state index contributed by atoms with van der Waals surface area (Å²) in [5.41, 5.74) is 4.28. The van der Waals surface area contributed by atoms with Crippen LogP contribution in [0.2, 0.25) is 0 Å². The van der Waals surface area contributed by atoms with Crippen LogP contribution >= 0.6 is 0 Å².